The SMILES string of the molecule is CC[C@H]1O[C@@H](n2cc(C)c(=O)[nH]c2=O)CC1OP([O-])(=S)OC[C@H]1O[C@@H](n2cc(C)c(N)nc2=O)[C@@H](OCCOC)C1OP(=O)([S-])OC[C@H]1O[C@@H](n2cc(C)c(=O)[nH]c2=O)[C@@H](OCCOC)C1OP(=O)([O-])OC[C@H]1O[C@@H](n2cc(C)c(N)nc2=O)[C@@H](OCCOC)C1OP([O-])(=S)OC[C@H]1O[C@@H](n2cnc3c(N)ncnc32)[C@@H](OCCOC)C1OP([O-])(=S)OC[C@H]1O[C@@H](n2cc(C)c(N)nc2=O)[C@@H](OCCOC)C1O. The van der Waals surface area contributed by atoms with E-state index in [4.69, 9.17) is 192 Å². The summed E-state index contributed by atoms with van der Waals surface area (Å²) in [6.07, 6.45) is -29.3. The number of phosphoric acid groups is 1. The molecule has 28 atom stereocenters. The number of rotatable bonds is 52. The van der Waals surface area contributed by atoms with Crippen LogP contribution in [0.25, 0.3) is 11.2 Å². The second-order valence-electron chi connectivity index (χ2n) is 32.9. The Morgan fingerprint density at radius 1 is 0.420 bits per heavy atom. The van der Waals surface area contributed by atoms with Crippen LogP contribution in [0.2, 0.25) is 0 Å². The second kappa shape index (κ2) is 49.4. The van der Waals surface area contributed by atoms with E-state index in [-0.39, 0.29) is 122 Å². The monoisotopic (exact) mass is 2200 g/mol. The van der Waals surface area contributed by atoms with E-state index in [1.165, 1.54) is 98.9 Å². The van der Waals surface area contributed by atoms with Crippen LogP contribution in [0.15, 0.2) is 77.2 Å². The first-order chi connectivity index (χ1) is 67.8. The van der Waals surface area contributed by atoms with Gasteiger partial charge in [0.05, 0.1) is 118 Å². The maximum atomic E-state index is 15.6. The molecule has 11 N–H and O–H groups in total. The lowest BCUT2D eigenvalue weighted by Gasteiger charge is -2.37. The third kappa shape index (κ3) is 27.7. The molecule has 0 amide bonds. The van der Waals surface area contributed by atoms with Crippen LogP contribution in [0, 0.1) is 34.6 Å². The molecule has 7 aromatic rings. The third-order valence-corrected chi connectivity index (χ3v) is 30.3. The highest BCUT2D eigenvalue weighted by atomic mass is 32.7. The van der Waals surface area contributed by atoms with Crippen molar-refractivity contribution >= 4 is 117 Å². The molecule has 0 spiro atoms. The van der Waals surface area contributed by atoms with Gasteiger partial charge in [0.25, 0.3) is 18.9 Å². The fourth-order valence-corrected chi connectivity index (χ4v) is 22.8. The molecule has 6 fully saturated rings. The van der Waals surface area contributed by atoms with Crippen molar-refractivity contribution in [2.75, 3.05) is 158 Å². The molecule has 143 heavy (non-hydrogen) atoms. The number of aliphatic hydroxyl groups excluding tert-OH is 1. The van der Waals surface area contributed by atoms with Gasteiger partial charge in [-0.15, -0.1) is 0 Å². The topological polar surface area (TPSA) is 749 Å². The van der Waals surface area contributed by atoms with E-state index in [0.717, 1.165) is 35.4 Å². The van der Waals surface area contributed by atoms with Gasteiger partial charge >= 0.3 is 28.4 Å². The Balaban J connectivity index is 0.797. The number of nitrogens with two attached hydrogens (primary N) is 4. The number of nitrogens with zero attached hydrogens (tertiary/aromatic N) is 12. The number of aromatic nitrogens is 14. The molecular formula is C76H108N18O40P5S4-5. The Hall–Kier alpha value is -6.73. The van der Waals surface area contributed by atoms with E-state index in [2.05, 4.69) is 39.9 Å². The van der Waals surface area contributed by atoms with Gasteiger partial charge in [0.1, 0.15) is 147 Å². The first-order valence-corrected chi connectivity index (χ1v) is 55.5. The summed E-state index contributed by atoms with van der Waals surface area (Å²) < 4.78 is 192. The highest BCUT2D eigenvalue weighted by Crippen LogP contribution is 2.56. The largest absolute Gasteiger partial charge is 0.780 e. The minimum Gasteiger partial charge on any atom is -0.780 e. The average molecular weight is 2200 g/mol. The van der Waals surface area contributed by atoms with Gasteiger partial charge in [-0.05, 0) is 41.0 Å². The Labute approximate surface area is 832 Å². The zero-order chi connectivity index (χ0) is 104. The molecule has 0 aromatic carbocycles. The van der Waals surface area contributed by atoms with Crippen LogP contribution >= 0.6 is 34.8 Å². The lowest BCUT2D eigenvalue weighted by Crippen LogP contribution is -2.43. The first-order valence-electron chi connectivity index (χ1n) is 43.8. The minimum absolute atomic E-state index is 0.0298. The number of aryl methyl sites for hydroxylation is 5. The normalized spacial score (nSPS) is 29.4. The van der Waals surface area contributed by atoms with Crippen LogP contribution in [0.4, 0.5) is 23.3 Å². The van der Waals surface area contributed by atoms with Gasteiger partial charge < -0.3 is 181 Å². The number of ether oxygens (including phenoxy) is 16. The predicted molar refractivity (Wildman–Crippen MR) is 497 cm³/mol. The molecule has 6 aliphatic heterocycles. The molecule has 67 heteroatoms. The molecule has 7 aromatic heterocycles. The Morgan fingerprint density at radius 3 is 1.20 bits per heavy atom. The number of anilines is 4. The number of aliphatic hydroxyl groups is 1. The number of phosphoric ester groups is 1. The standard InChI is InChI=1S/C76H113N18O40P5S4/c1-12-41-42(23-48(124-41)89-27-39(5)65(96)87-75(89)101)130-136(105,140)121-32-46-53(58(117-21-16-112-10)70(128-46)92-26-38(4)62(79)86-74(92)100)133-138(107,142)122-31-45-51(56(115-19-14-110-8)68(127-45)93-28-40(6)66(97)88-76(93)102)131-135(103,104)119-30-44-52(57(116-20-15-111-9)69(126-44)91-25-37(3)61(78)85-73(91)99)132-139(108,143)123-33-47-54(59(118-22-17-113-11)71(129-47)94-35-83-49-63(80)81-34-82-64(49)94)134-137(106,141)120-29-43-50(95)55(114-18-13-109-7)67(125-43)90-24-36(2)60(77)84-72(90)98/h24-28,34-35,41-48,50-59,67-71,95H,12-23,29-33H2,1-11H3,(H,103,104)(H,105,140)(H,106,141)(H,107,142)(H,108,143)(H2,77,84,98)(H2,78,85,99)(H2,79,86,100)(H2,80,81,82)(H,87,96,101)(H,88,97,102)/p-5/t41-,42?,43-,44-,45-,46-,47-,48-,50?,51?,52?,53?,54?,55+,56+,57+,58+,59+,67-,68-,69-,70-,71-,136?,137?,138?,139?/m1/s1. The van der Waals surface area contributed by atoms with Crippen molar-refractivity contribution < 1.29 is 155 Å². The number of nitrogens with one attached hydrogen (secondary N) is 2. The van der Waals surface area contributed by atoms with Gasteiger partial charge in [0.15, 0.2) is 49.4 Å². The van der Waals surface area contributed by atoms with Crippen molar-refractivity contribution in [3.8, 4) is 0 Å². The van der Waals surface area contributed by atoms with Gasteiger partial charge in [-0.2, -0.15) is 15.0 Å². The molecule has 58 nitrogen and oxygen atoms in total. The van der Waals surface area contributed by atoms with Crippen LogP contribution in [0.5, 0.6) is 0 Å². The Bertz CT molecular complexity index is 6290. The first kappa shape index (κ1) is 113. The van der Waals surface area contributed by atoms with E-state index in [1.807, 2.05) is 0 Å². The van der Waals surface area contributed by atoms with E-state index >= 15 is 23.8 Å². The molecule has 6 aliphatic rings. The summed E-state index contributed by atoms with van der Waals surface area (Å²) in [6, 6.07) is 0. The maximum absolute atomic E-state index is 15.6. The lowest BCUT2D eigenvalue weighted by atomic mass is 10.1. The molecule has 796 valence electrons. The molecule has 13 heterocycles. The summed E-state index contributed by atoms with van der Waals surface area (Å²) in [5.41, 5.74) is 18.8. The summed E-state index contributed by atoms with van der Waals surface area (Å²) in [6.45, 7) is -18.9. The van der Waals surface area contributed by atoms with Crippen molar-refractivity contribution in [3.05, 3.63) is 145 Å². The van der Waals surface area contributed by atoms with Gasteiger partial charge in [-0.1, -0.05) is 42.3 Å². The van der Waals surface area contributed by atoms with Gasteiger partial charge in [-0.25, -0.2) is 38.9 Å². The van der Waals surface area contributed by atoms with Crippen molar-refractivity contribution in [2.45, 2.75) is 196 Å². The van der Waals surface area contributed by atoms with Crippen LogP contribution in [0.1, 0.15) is 85.0 Å². The summed E-state index contributed by atoms with van der Waals surface area (Å²) in [4.78, 5) is 183. The minimum atomic E-state index is -6.20. The van der Waals surface area contributed by atoms with E-state index < -0.39 is 262 Å². The van der Waals surface area contributed by atoms with E-state index in [0.29, 0.717) is 5.56 Å². The molecule has 11 unspecified atom stereocenters. The number of imidazole rings is 1. The molecule has 13 rings (SSSR count). The number of methoxy groups -OCH3 is 5. The quantitative estimate of drug-likeness (QED) is 0.0109. The zero-order valence-electron chi connectivity index (χ0n) is 78.3. The number of aromatic amines is 2. The second-order valence-corrected chi connectivity index (χ2v) is 45.1. The summed E-state index contributed by atoms with van der Waals surface area (Å²) >= 11 is 22.4. The Morgan fingerprint density at radius 2 is 0.769 bits per heavy atom. The smallest absolute Gasteiger partial charge is 0.351 e. The Kier molecular flexibility index (Phi) is 39.2. The van der Waals surface area contributed by atoms with E-state index in [1.54, 1.807) is 13.8 Å². The van der Waals surface area contributed by atoms with Crippen LogP contribution in [-0.2, 0) is 178 Å². The van der Waals surface area contributed by atoms with Crippen LogP contribution in [0.3, 0.4) is 0 Å². The number of hydrogen-bond donors (Lipinski definition) is 7. The number of hydrogen-bond acceptors (Lipinski definition) is 54. The van der Waals surface area contributed by atoms with Gasteiger partial charge in [0, 0.05) is 101 Å². The predicted octanol–water partition coefficient (Wildman–Crippen LogP) is -3.84. The summed E-state index contributed by atoms with van der Waals surface area (Å²) in [7, 11) is 0.469. The number of H-pyrrole nitrogens is 2. The summed E-state index contributed by atoms with van der Waals surface area (Å²) in [5, 5.41) is 11.8. The van der Waals surface area contributed by atoms with Crippen LogP contribution in [-0.4, -0.2) is 311 Å². The van der Waals surface area contributed by atoms with Gasteiger partial charge in [0.2, 0.25) is 0 Å². The van der Waals surface area contributed by atoms with Crippen LogP contribution < -0.4 is 82.1 Å². The highest BCUT2D eigenvalue weighted by molar-refractivity contribution is 8.32. The lowest BCUT2D eigenvalue weighted by molar-refractivity contribution is -0.238. The fourth-order valence-electron chi connectivity index (χ4n) is 16.1. The van der Waals surface area contributed by atoms with Crippen molar-refractivity contribution in [1.29, 1.82) is 0 Å². The van der Waals surface area contributed by atoms with E-state index in [9.17, 15) is 43.6 Å². The molecule has 6 saturated heterocycles. The molecule has 0 aliphatic carbocycles. The van der Waals surface area contributed by atoms with Crippen molar-refractivity contribution in [2.24, 2.45) is 0 Å². The van der Waals surface area contributed by atoms with Crippen molar-refractivity contribution in [1.82, 2.24) is 67.3 Å². The molecule has 0 bridgehead atoms. The molecule has 0 saturated carbocycles. The number of fused-ring (bicyclic) bond motifs is 1. The number of nitrogen functional groups attached to an aromatic ring is 4. The average Bonchev–Trinajstić information content (AvgIpc) is 1.62. The van der Waals surface area contributed by atoms with Gasteiger partial charge in [-0.3, -0.25) is 56.1 Å². The highest BCUT2D eigenvalue weighted by Gasteiger charge is 2.57. The zero-order valence-corrected chi connectivity index (χ0v) is 86.0. The molecular weight excluding hydrogens is 2090 g/mol. The fraction of sp³-hybridized carbons (Fsp3) is 0.671. The molecule has 0 radical (unpaired) electrons. The maximum Gasteiger partial charge on any atom is 0.351 e. The summed E-state index contributed by atoms with van der Waals surface area (Å²) in [5.74, 6) is -0.601. The van der Waals surface area contributed by atoms with Crippen molar-refractivity contribution in [3.63, 3.8) is 0 Å². The third-order valence-electron chi connectivity index (χ3n) is 23.2.